The van der Waals surface area contributed by atoms with E-state index in [0.717, 1.165) is 12.0 Å². The van der Waals surface area contributed by atoms with E-state index in [4.69, 9.17) is 4.55 Å². The summed E-state index contributed by atoms with van der Waals surface area (Å²) in [6.45, 7) is 1.84. The van der Waals surface area contributed by atoms with Gasteiger partial charge in [-0.2, -0.15) is 8.42 Å². The highest BCUT2D eigenvalue weighted by Gasteiger charge is 2.08. The van der Waals surface area contributed by atoms with Crippen LogP contribution < -0.4 is 0 Å². The topological polar surface area (TPSA) is 74.6 Å². The average Bonchev–Trinajstić information content (AvgIpc) is 2.47. The van der Waals surface area contributed by atoms with Gasteiger partial charge < -0.3 is 5.11 Å². The molecule has 3 rings (SSSR count). The summed E-state index contributed by atoms with van der Waals surface area (Å²) in [6, 6.07) is 11.7. The minimum atomic E-state index is -4.02. The average molecular weight is 320 g/mol. The van der Waals surface area contributed by atoms with Gasteiger partial charge in [-0.1, -0.05) is 23.8 Å². The molecule has 0 fully saturated rings. The molecule has 0 atom stereocenters. The smallest absolute Gasteiger partial charge is 0.294 e. The van der Waals surface area contributed by atoms with Crippen molar-refractivity contribution in [3.63, 3.8) is 0 Å². The lowest BCUT2D eigenvalue weighted by Gasteiger charge is -2.14. The van der Waals surface area contributed by atoms with Crippen LogP contribution in [0.25, 0.3) is 0 Å². The first-order valence-electron chi connectivity index (χ1n) is 7.21. The minimum Gasteiger partial charge on any atom is -0.508 e. The number of rotatable bonds is 1. The van der Waals surface area contributed by atoms with Crippen LogP contribution in [0.4, 0.5) is 0 Å². The summed E-state index contributed by atoms with van der Waals surface area (Å²) in [5, 5.41) is 9.19. The van der Waals surface area contributed by atoms with Crippen molar-refractivity contribution >= 4 is 10.1 Å². The molecule has 22 heavy (non-hydrogen) atoms. The molecule has 0 spiro atoms. The van der Waals surface area contributed by atoms with Crippen molar-refractivity contribution in [3.05, 3.63) is 59.2 Å². The molecule has 0 aliphatic heterocycles. The Morgan fingerprint density at radius 2 is 1.50 bits per heavy atom. The van der Waals surface area contributed by atoms with Gasteiger partial charge in [-0.05, 0) is 68.0 Å². The SMILES string of the molecule is Cc1ccc(S(=O)(=O)O)cc1.Oc1ccc2c(c1)CCCC2. The predicted octanol–water partition coefficient (Wildman–Crippen LogP) is 3.51. The maximum Gasteiger partial charge on any atom is 0.294 e. The zero-order chi connectivity index (χ0) is 16.2. The Balaban J connectivity index is 0.000000160. The number of fused-ring (bicyclic) bond motifs is 1. The van der Waals surface area contributed by atoms with E-state index in [9.17, 15) is 13.5 Å². The lowest BCUT2D eigenvalue weighted by Crippen LogP contribution is -2.01. The Morgan fingerprint density at radius 3 is 2.09 bits per heavy atom. The summed E-state index contributed by atoms with van der Waals surface area (Å²) in [5.41, 5.74) is 3.72. The van der Waals surface area contributed by atoms with E-state index < -0.39 is 10.1 Å². The van der Waals surface area contributed by atoms with Crippen molar-refractivity contribution in [3.8, 4) is 5.75 Å². The van der Waals surface area contributed by atoms with Crippen LogP contribution in [0.3, 0.4) is 0 Å². The Kier molecular flexibility index (Phi) is 5.21. The maximum atomic E-state index is 10.5. The number of aromatic hydroxyl groups is 1. The van der Waals surface area contributed by atoms with E-state index >= 15 is 0 Å². The van der Waals surface area contributed by atoms with Crippen molar-refractivity contribution in [1.29, 1.82) is 0 Å². The number of phenolic OH excluding ortho intramolecular Hbond substituents is 1. The van der Waals surface area contributed by atoms with E-state index in [1.54, 1.807) is 18.2 Å². The van der Waals surface area contributed by atoms with Gasteiger partial charge in [0.1, 0.15) is 5.75 Å². The molecule has 0 amide bonds. The van der Waals surface area contributed by atoms with Gasteiger partial charge in [0, 0.05) is 0 Å². The van der Waals surface area contributed by atoms with E-state index in [2.05, 4.69) is 0 Å². The number of benzene rings is 2. The van der Waals surface area contributed by atoms with Crippen molar-refractivity contribution < 1.29 is 18.1 Å². The first-order chi connectivity index (χ1) is 10.4. The van der Waals surface area contributed by atoms with Gasteiger partial charge in [-0.25, -0.2) is 0 Å². The molecular weight excluding hydrogens is 300 g/mol. The summed E-state index contributed by atoms with van der Waals surface area (Å²) < 4.78 is 29.6. The fourth-order valence-electron chi connectivity index (χ4n) is 2.43. The lowest BCUT2D eigenvalue weighted by molar-refractivity contribution is 0.473. The molecule has 0 heterocycles. The zero-order valence-electron chi connectivity index (χ0n) is 12.5. The van der Waals surface area contributed by atoms with Crippen LogP contribution >= 0.6 is 0 Å². The van der Waals surface area contributed by atoms with Gasteiger partial charge in [-0.3, -0.25) is 4.55 Å². The lowest BCUT2D eigenvalue weighted by atomic mass is 9.92. The van der Waals surface area contributed by atoms with Crippen LogP contribution in [0.2, 0.25) is 0 Å². The van der Waals surface area contributed by atoms with Gasteiger partial charge >= 0.3 is 0 Å². The quantitative estimate of drug-likeness (QED) is 0.789. The summed E-state index contributed by atoms with van der Waals surface area (Å²) in [6.07, 6.45) is 4.91. The van der Waals surface area contributed by atoms with Crippen molar-refractivity contribution in [2.24, 2.45) is 0 Å². The Morgan fingerprint density at radius 1 is 0.909 bits per heavy atom. The monoisotopic (exact) mass is 320 g/mol. The van der Waals surface area contributed by atoms with Crippen LogP contribution in [0.1, 0.15) is 29.5 Å². The second-order valence-electron chi connectivity index (χ2n) is 5.45. The molecule has 0 aromatic heterocycles. The molecule has 2 aromatic carbocycles. The largest absolute Gasteiger partial charge is 0.508 e. The highest BCUT2D eigenvalue weighted by atomic mass is 32.2. The molecule has 2 N–H and O–H groups in total. The van der Waals surface area contributed by atoms with Gasteiger partial charge in [0.05, 0.1) is 4.90 Å². The van der Waals surface area contributed by atoms with Gasteiger partial charge in [0.25, 0.3) is 10.1 Å². The molecule has 5 heteroatoms. The first kappa shape index (κ1) is 16.5. The first-order valence-corrected chi connectivity index (χ1v) is 8.65. The Labute approximate surface area is 131 Å². The second-order valence-corrected chi connectivity index (χ2v) is 6.87. The van der Waals surface area contributed by atoms with Crippen LogP contribution in [0.15, 0.2) is 47.4 Å². The molecular formula is C17H20O4S. The van der Waals surface area contributed by atoms with E-state index in [0.29, 0.717) is 5.75 Å². The molecule has 2 aromatic rings. The van der Waals surface area contributed by atoms with Crippen molar-refractivity contribution in [2.75, 3.05) is 0 Å². The predicted molar refractivity (Wildman–Crippen MR) is 85.7 cm³/mol. The Hall–Kier alpha value is -1.85. The molecule has 0 saturated carbocycles. The van der Waals surface area contributed by atoms with Crippen LogP contribution in [0, 0.1) is 6.92 Å². The number of hydrogen-bond acceptors (Lipinski definition) is 3. The third-order valence-corrected chi connectivity index (χ3v) is 4.52. The fraction of sp³-hybridized carbons (Fsp3) is 0.294. The van der Waals surface area contributed by atoms with Crippen LogP contribution in [0.5, 0.6) is 5.75 Å². The summed E-state index contributed by atoms with van der Waals surface area (Å²) >= 11 is 0. The summed E-state index contributed by atoms with van der Waals surface area (Å²) in [5.74, 6) is 0.408. The van der Waals surface area contributed by atoms with Crippen LogP contribution in [-0.2, 0) is 23.0 Å². The molecule has 0 radical (unpaired) electrons. The molecule has 4 nitrogen and oxygen atoms in total. The maximum absolute atomic E-state index is 10.5. The fourth-order valence-corrected chi connectivity index (χ4v) is 2.91. The van der Waals surface area contributed by atoms with E-state index in [1.165, 1.54) is 42.5 Å². The van der Waals surface area contributed by atoms with E-state index in [-0.39, 0.29) is 4.90 Å². The minimum absolute atomic E-state index is 0.0666. The number of phenols is 1. The highest BCUT2D eigenvalue weighted by Crippen LogP contribution is 2.24. The number of hydrogen-bond donors (Lipinski definition) is 2. The summed E-state index contributed by atoms with van der Waals surface area (Å²) in [4.78, 5) is -0.0666. The molecule has 118 valence electrons. The molecule has 0 bridgehead atoms. The van der Waals surface area contributed by atoms with Gasteiger partial charge in [0.2, 0.25) is 0 Å². The Bertz CT molecular complexity index is 734. The normalized spacial score (nSPS) is 13.7. The third kappa shape index (κ3) is 4.58. The van der Waals surface area contributed by atoms with Gasteiger partial charge in [0.15, 0.2) is 0 Å². The summed E-state index contributed by atoms with van der Waals surface area (Å²) in [7, 11) is -4.02. The zero-order valence-corrected chi connectivity index (χ0v) is 13.3. The van der Waals surface area contributed by atoms with E-state index in [1.807, 2.05) is 19.1 Å². The number of aryl methyl sites for hydroxylation is 3. The van der Waals surface area contributed by atoms with Gasteiger partial charge in [-0.15, -0.1) is 0 Å². The second kappa shape index (κ2) is 6.94. The molecule has 1 aliphatic rings. The molecule has 0 unspecified atom stereocenters. The van der Waals surface area contributed by atoms with Crippen molar-refractivity contribution in [1.82, 2.24) is 0 Å². The standard InChI is InChI=1S/C10H12O.C7H8O3S/c11-10-6-5-8-3-1-2-4-9(8)7-10;1-6-2-4-7(5-3-6)11(8,9)10/h5-7,11H,1-4H2;2-5H,1H3,(H,8,9,10). The molecule has 0 saturated heterocycles. The van der Waals surface area contributed by atoms with Crippen molar-refractivity contribution in [2.45, 2.75) is 37.5 Å². The van der Waals surface area contributed by atoms with Crippen LogP contribution in [-0.4, -0.2) is 18.1 Å². The third-order valence-electron chi connectivity index (χ3n) is 3.65. The molecule has 1 aliphatic carbocycles. The highest BCUT2D eigenvalue weighted by molar-refractivity contribution is 7.85.